The van der Waals surface area contributed by atoms with Crippen molar-refractivity contribution in [3.05, 3.63) is 41.7 Å². The fourth-order valence-corrected chi connectivity index (χ4v) is 1.17. The molecule has 0 heterocycles. The monoisotopic (exact) mass is 238 g/mol. The summed E-state index contributed by atoms with van der Waals surface area (Å²) >= 11 is 0. The van der Waals surface area contributed by atoms with Crippen molar-refractivity contribution in [2.24, 2.45) is 0 Å². The molecule has 17 heavy (non-hydrogen) atoms. The van der Waals surface area contributed by atoms with Gasteiger partial charge in [0.25, 0.3) is 0 Å². The molecule has 0 saturated heterocycles. The number of methoxy groups -OCH3 is 2. The van der Waals surface area contributed by atoms with E-state index in [1.54, 1.807) is 0 Å². The maximum Gasteiger partial charge on any atom is 0.330 e. The minimum atomic E-state index is -0.659. The average molecular weight is 238 g/mol. The zero-order valence-corrected chi connectivity index (χ0v) is 9.40. The Labute approximate surface area is 97.6 Å². The third kappa shape index (κ3) is 3.41. The molecule has 0 aliphatic rings. The summed E-state index contributed by atoms with van der Waals surface area (Å²) in [6.07, 6.45) is 1.97. The Hall–Kier alpha value is -2.17. The zero-order valence-electron chi connectivity index (χ0n) is 9.40. The molecular weight excluding hydrogens is 227 g/mol. The maximum atomic E-state index is 13.0. The second-order valence-corrected chi connectivity index (χ2v) is 3.07. The van der Waals surface area contributed by atoms with Gasteiger partial charge in [0.2, 0.25) is 0 Å². The average Bonchev–Trinajstić information content (AvgIpc) is 2.35. The number of carbonyl (C=O) groups is 2. The van der Waals surface area contributed by atoms with Gasteiger partial charge in [-0.2, -0.15) is 0 Å². The Morgan fingerprint density at radius 1 is 1.24 bits per heavy atom. The Balaban J connectivity index is 2.99. The van der Waals surface area contributed by atoms with Crippen LogP contribution in [0.3, 0.4) is 0 Å². The van der Waals surface area contributed by atoms with Crippen molar-refractivity contribution in [1.82, 2.24) is 0 Å². The molecule has 90 valence electrons. The fourth-order valence-electron chi connectivity index (χ4n) is 1.17. The quantitative estimate of drug-likeness (QED) is 0.455. The van der Waals surface area contributed by atoms with E-state index in [1.165, 1.54) is 26.4 Å². The first-order valence-corrected chi connectivity index (χ1v) is 4.72. The molecule has 0 atom stereocenters. The van der Waals surface area contributed by atoms with Crippen LogP contribution in [0.25, 0.3) is 0 Å². The van der Waals surface area contributed by atoms with Crippen LogP contribution in [-0.2, 0) is 9.53 Å². The van der Waals surface area contributed by atoms with Gasteiger partial charge in [0.05, 0.1) is 19.8 Å². The molecule has 0 spiro atoms. The molecule has 0 bridgehead atoms. The SMILES string of the molecule is COC(=O)/C=C/C(=O)c1cc(F)ccc1OC. The Morgan fingerprint density at radius 3 is 2.53 bits per heavy atom. The van der Waals surface area contributed by atoms with E-state index in [4.69, 9.17) is 4.74 Å². The highest BCUT2D eigenvalue weighted by atomic mass is 19.1. The lowest BCUT2D eigenvalue weighted by Crippen LogP contribution is -2.02. The highest BCUT2D eigenvalue weighted by molar-refractivity contribution is 6.08. The number of allylic oxidation sites excluding steroid dienone is 1. The van der Waals surface area contributed by atoms with E-state index in [1.807, 2.05) is 0 Å². The van der Waals surface area contributed by atoms with Gasteiger partial charge in [-0.15, -0.1) is 0 Å². The van der Waals surface area contributed by atoms with Gasteiger partial charge in [0.15, 0.2) is 5.78 Å². The van der Waals surface area contributed by atoms with Crippen LogP contribution in [0.5, 0.6) is 5.75 Å². The molecule has 0 fully saturated rings. The van der Waals surface area contributed by atoms with E-state index in [0.29, 0.717) is 0 Å². The summed E-state index contributed by atoms with van der Waals surface area (Å²) in [6, 6.07) is 3.57. The third-order valence-electron chi connectivity index (χ3n) is 2.00. The van der Waals surface area contributed by atoms with Crippen molar-refractivity contribution < 1.29 is 23.5 Å². The van der Waals surface area contributed by atoms with Crippen molar-refractivity contribution in [3.63, 3.8) is 0 Å². The number of hydrogen-bond donors (Lipinski definition) is 0. The van der Waals surface area contributed by atoms with Gasteiger partial charge in [0, 0.05) is 6.08 Å². The van der Waals surface area contributed by atoms with Crippen LogP contribution < -0.4 is 4.74 Å². The molecule has 0 aliphatic carbocycles. The van der Waals surface area contributed by atoms with E-state index >= 15 is 0 Å². The van der Waals surface area contributed by atoms with Gasteiger partial charge in [0.1, 0.15) is 11.6 Å². The second-order valence-electron chi connectivity index (χ2n) is 3.07. The van der Waals surface area contributed by atoms with Gasteiger partial charge in [-0.25, -0.2) is 9.18 Å². The normalized spacial score (nSPS) is 10.3. The van der Waals surface area contributed by atoms with Crippen LogP contribution in [0.15, 0.2) is 30.4 Å². The van der Waals surface area contributed by atoms with Crippen LogP contribution >= 0.6 is 0 Å². The number of halogens is 1. The van der Waals surface area contributed by atoms with E-state index in [2.05, 4.69) is 4.74 Å². The van der Waals surface area contributed by atoms with Gasteiger partial charge < -0.3 is 9.47 Å². The lowest BCUT2D eigenvalue weighted by Gasteiger charge is -2.04. The number of ether oxygens (including phenoxy) is 2. The maximum absolute atomic E-state index is 13.0. The number of esters is 1. The summed E-state index contributed by atoms with van der Waals surface area (Å²) in [7, 11) is 2.56. The van der Waals surface area contributed by atoms with Gasteiger partial charge >= 0.3 is 5.97 Å². The first kappa shape index (κ1) is 12.9. The van der Waals surface area contributed by atoms with Gasteiger partial charge in [-0.1, -0.05) is 0 Å². The van der Waals surface area contributed by atoms with E-state index in [9.17, 15) is 14.0 Å². The highest BCUT2D eigenvalue weighted by Crippen LogP contribution is 2.20. The Bertz CT molecular complexity index is 466. The van der Waals surface area contributed by atoms with Crippen LogP contribution in [-0.4, -0.2) is 26.0 Å². The summed E-state index contributed by atoms with van der Waals surface area (Å²) in [4.78, 5) is 22.5. The standard InChI is InChI=1S/C12H11FO4/c1-16-11-5-3-8(13)7-9(11)10(14)4-6-12(15)17-2/h3-7H,1-2H3/b6-4+. The molecule has 5 heteroatoms. The van der Waals surface area contributed by atoms with Crippen molar-refractivity contribution in [3.8, 4) is 5.75 Å². The first-order valence-electron chi connectivity index (χ1n) is 4.72. The molecule has 0 unspecified atom stereocenters. The lowest BCUT2D eigenvalue weighted by atomic mass is 10.1. The highest BCUT2D eigenvalue weighted by Gasteiger charge is 2.11. The van der Waals surface area contributed by atoms with E-state index in [-0.39, 0.29) is 11.3 Å². The fraction of sp³-hybridized carbons (Fsp3) is 0.167. The molecule has 0 saturated carbocycles. The molecule has 4 nitrogen and oxygen atoms in total. The molecule has 0 amide bonds. The smallest absolute Gasteiger partial charge is 0.330 e. The number of ketones is 1. The van der Waals surface area contributed by atoms with Crippen molar-refractivity contribution >= 4 is 11.8 Å². The molecular formula is C12H11FO4. The van der Waals surface area contributed by atoms with Crippen LogP contribution in [0.2, 0.25) is 0 Å². The predicted octanol–water partition coefficient (Wildman–Crippen LogP) is 1.75. The molecule has 0 radical (unpaired) electrons. The van der Waals surface area contributed by atoms with Crippen LogP contribution in [0, 0.1) is 5.82 Å². The summed E-state index contributed by atoms with van der Waals surface area (Å²) in [5.74, 6) is -1.51. The molecule has 0 aromatic heterocycles. The largest absolute Gasteiger partial charge is 0.496 e. The minimum absolute atomic E-state index is 0.0488. The number of benzene rings is 1. The Kier molecular flexibility index (Phi) is 4.39. The summed E-state index contributed by atoms with van der Waals surface area (Å²) in [5, 5.41) is 0. The molecule has 0 aliphatic heterocycles. The lowest BCUT2D eigenvalue weighted by molar-refractivity contribution is -0.134. The number of hydrogen-bond acceptors (Lipinski definition) is 4. The number of rotatable bonds is 4. The van der Waals surface area contributed by atoms with Crippen LogP contribution in [0.1, 0.15) is 10.4 Å². The van der Waals surface area contributed by atoms with Gasteiger partial charge in [-0.3, -0.25) is 4.79 Å². The molecule has 0 N–H and O–H groups in total. The third-order valence-corrected chi connectivity index (χ3v) is 2.00. The minimum Gasteiger partial charge on any atom is -0.496 e. The summed E-state index contributed by atoms with van der Waals surface area (Å²) in [5.41, 5.74) is 0.0488. The van der Waals surface area contributed by atoms with Crippen molar-refractivity contribution in [2.75, 3.05) is 14.2 Å². The van der Waals surface area contributed by atoms with Crippen LogP contribution in [0.4, 0.5) is 4.39 Å². The second kappa shape index (κ2) is 5.79. The topological polar surface area (TPSA) is 52.6 Å². The summed E-state index contributed by atoms with van der Waals surface area (Å²) < 4.78 is 22.2. The molecule has 1 aromatic carbocycles. The predicted molar refractivity (Wildman–Crippen MR) is 58.4 cm³/mol. The molecule has 1 aromatic rings. The van der Waals surface area contributed by atoms with E-state index < -0.39 is 17.6 Å². The van der Waals surface area contributed by atoms with Crippen molar-refractivity contribution in [2.45, 2.75) is 0 Å². The number of carbonyl (C=O) groups excluding carboxylic acids is 2. The first-order chi connectivity index (χ1) is 8.08. The van der Waals surface area contributed by atoms with E-state index in [0.717, 1.165) is 18.2 Å². The Morgan fingerprint density at radius 2 is 1.94 bits per heavy atom. The zero-order chi connectivity index (χ0) is 12.8. The van der Waals surface area contributed by atoms with Crippen molar-refractivity contribution in [1.29, 1.82) is 0 Å². The molecule has 1 rings (SSSR count). The van der Waals surface area contributed by atoms with Gasteiger partial charge in [-0.05, 0) is 24.3 Å². The summed E-state index contributed by atoms with van der Waals surface area (Å²) in [6.45, 7) is 0.